The predicted octanol–water partition coefficient (Wildman–Crippen LogP) is 0.469. The molecule has 0 saturated carbocycles. The van der Waals surface area contributed by atoms with Crippen molar-refractivity contribution in [2.45, 2.75) is 25.0 Å². The summed E-state index contributed by atoms with van der Waals surface area (Å²) in [4.78, 5) is 39.0. The predicted molar refractivity (Wildman–Crippen MR) is 72.5 cm³/mol. The van der Waals surface area contributed by atoms with Crippen molar-refractivity contribution in [2.24, 2.45) is 0 Å². The van der Waals surface area contributed by atoms with Gasteiger partial charge < -0.3 is 4.90 Å². The Morgan fingerprint density at radius 2 is 1.55 bits per heavy atom. The van der Waals surface area contributed by atoms with E-state index in [0.717, 1.165) is 0 Å². The van der Waals surface area contributed by atoms with Crippen molar-refractivity contribution < 1.29 is 4.79 Å². The molecule has 5 rings (SSSR count). The summed E-state index contributed by atoms with van der Waals surface area (Å²) in [6.45, 7) is 0. The molecule has 0 aliphatic carbocycles. The summed E-state index contributed by atoms with van der Waals surface area (Å²) in [6, 6.07) is 6.24. The minimum Gasteiger partial charge on any atom is -0.322 e. The average molecular weight is 271 g/mol. The summed E-state index contributed by atoms with van der Waals surface area (Å²) in [5.74, 6) is -0.0852. The molecule has 0 spiro atoms. The number of carbonyl (C=O) groups is 1. The number of rotatable bonds is 0. The summed E-state index contributed by atoms with van der Waals surface area (Å²) < 4.78 is 2.82. The van der Waals surface area contributed by atoms with Crippen molar-refractivity contribution in [3.05, 3.63) is 45.0 Å². The number of hydrogen-bond acceptors (Lipinski definition) is 3. The minimum absolute atomic E-state index is 0.0852. The quantitative estimate of drug-likeness (QED) is 0.699. The lowest BCUT2D eigenvalue weighted by atomic mass is 9.99. The van der Waals surface area contributed by atoms with E-state index in [9.17, 15) is 14.4 Å². The zero-order valence-electron chi connectivity index (χ0n) is 10.9. The van der Waals surface area contributed by atoms with Gasteiger partial charge in [0, 0.05) is 7.05 Å². The molecule has 0 unspecified atom stereocenters. The van der Waals surface area contributed by atoms with Crippen molar-refractivity contribution in [3.63, 3.8) is 0 Å². The Labute approximate surface area is 113 Å². The van der Waals surface area contributed by atoms with Crippen LogP contribution in [0.4, 0.5) is 0 Å². The second-order valence-corrected chi connectivity index (χ2v) is 5.37. The Bertz CT molecular complexity index is 864. The molecule has 2 atom stereocenters. The molecule has 1 fully saturated rings. The minimum atomic E-state index is -0.546. The zero-order chi connectivity index (χ0) is 14.0. The van der Waals surface area contributed by atoms with Crippen molar-refractivity contribution in [2.75, 3.05) is 7.05 Å². The monoisotopic (exact) mass is 271 g/mol. The molecule has 1 aromatic carbocycles. The van der Waals surface area contributed by atoms with Gasteiger partial charge in [-0.3, -0.25) is 14.4 Å². The van der Waals surface area contributed by atoms with Gasteiger partial charge >= 0.3 is 0 Å². The van der Waals surface area contributed by atoms with Crippen molar-refractivity contribution in [1.82, 2.24) is 14.3 Å². The van der Waals surface area contributed by atoms with Crippen LogP contribution in [0.2, 0.25) is 0 Å². The third-order valence-corrected chi connectivity index (χ3v) is 4.39. The van der Waals surface area contributed by atoms with E-state index in [1.807, 2.05) is 0 Å². The van der Waals surface area contributed by atoms with Crippen LogP contribution in [0.3, 0.4) is 0 Å². The van der Waals surface area contributed by atoms with E-state index >= 15 is 0 Å². The maximum absolute atomic E-state index is 12.6. The van der Waals surface area contributed by atoms with Crippen LogP contribution in [0.25, 0.3) is 10.8 Å². The highest BCUT2D eigenvalue weighted by molar-refractivity contribution is 5.84. The molecule has 2 bridgehead atoms. The molecule has 1 saturated heterocycles. The van der Waals surface area contributed by atoms with Crippen LogP contribution in [0, 0.1) is 0 Å². The SMILES string of the molecule is CN1C(=O)[C@@H]2CC[C@@H]1n1c(=O)c3ccccc3c(=O)n12. The molecule has 6 heteroatoms. The molecular weight excluding hydrogens is 258 g/mol. The highest BCUT2D eigenvalue weighted by Crippen LogP contribution is 2.35. The van der Waals surface area contributed by atoms with Crippen LogP contribution in [-0.2, 0) is 4.79 Å². The second-order valence-electron chi connectivity index (χ2n) is 5.37. The fourth-order valence-electron chi connectivity index (χ4n) is 3.39. The number of carbonyl (C=O) groups excluding carboxylic acids is 1. The molecule has 4 heterocycles. The number of nitrogens with zero attached hydrogens (tertiary/aromatic N) is 3. The molecule has 3 aliphatic heterocycles. The summed E-state index contributed by atoms with van der Waals surface area (Å²) in [5.41, 5.74) is -0.453. The van der Waals surface area contributed by atoms with Gasteiger partial charge in [0.15, 0.2) is 0 Å². The van der Waals surface area contributed by atoms with Crippen molar-refractivity contribution in [1.29, 1.82) is 0 Å². The third kappa shape index (κ3) is 1.16. The topological polar surface area (TPSA) is 64.3 Å². The van der Waals surface area contributed by atoms with Crippen LogP contribution < -0.4 is 11.1 Å². The van der Waals surface area contributed by atoms with Crippen LogP contribution in [0.1, 0.15) is 25.0 Å². The summed E-state index contributed by atoms with van der Waals surface area (Å²) in [7, 11) is 1.69. The van der Waals surface area contributed by atoms with E-state index in [2.05, 4.69) is 0 Å². The molecule has 1 aromatic heterocycles. The molecule has 6 nitrogen and oxygen atoms in total. The van der Waals surface area contributed by atoms with Gasteiger partial charge in [0.05, 0.1) is 10.8 Å². The van der Waals surface area contributed by atoms with Gasteiger partial charge in [-0.15, -0.1) is 0 Å². The number of aromatic nitrogens is 2. The molecule has 20 heavy (non-hydrogen) atoms. The number of amides is 1. The molecule has 1 amide bonds. The Morgan fingerprint density at radius 3 is 2.20 bits per heavy atom. The largest absolute Gasteiger partial charge is 0.322 e. The normalized spacial score (nSPS) is 24.2. The molecule has 0 N–H and O–H groups in total. The van der Waals surface area contributed by atoms with Gasteiger partial charge in [0.25, 0.3) is 11.1 Å². The van der Waals surface area contributed by atoms with E-state index in [-0.39, 0.29) is 23.2 Å². The van der Waals surface area contributed by atoms with E-state index in [1.54, 1.807) is 36.2 Å². The molecular formula is C14H13N3O3. The number of piperidine rings is 1. The van der Waals surface area contributed by atoms with E-state index in [4.69, 9.17) is 0 Å². The molecule has 2 aromatic rings. The number of fused-ring (bicyclic) bond motifs is 3. The number of hydrogen-bond donors (Lipinski definition) is 0. The lowest BCUT2D eigenvalue weighted by Gasteiger charge is -2.45. The number of likely N-dealkylation sites (N-methyl/N-ethyl adjacent to an activating group) is 1. The fourth-order valence-corrected chi connectivity index (χ4v) is 3.39. The Hall–Kier alpha value is -2.37. The third-order valence-electron chi connectivity index (χ3n) is 4.39. The lowest BCUT2D eigenvalue weighted by molar-refractivity contribution is -0.150. The highest BCUT2D eigenvalue weighted by Gasteiger charge is 2.43. The highest BCUT2D eigenvalue weighted by atomic mass is 16.2. The lowest BCUT2D eigenvalue weighted by Crippen LogP contribution is -2.59. The Morgan fingerprint density at radius 1 is 0.950 bits per heavy atom. The van der Waals surface area contributed by atoms with Crippen LogP contribution >= 0.6 is 0 Å². The summed E-state index contributed by atoms with van der Waals surface area (Å²) >= 11 is 0. The van der Waals surface area contributed by atoms with Crippen molar-refractivity contribution in [3.8, 4) is 0 Å². The van der Waals surface area contributed by atoms with Crippen LogP contribution in [0.15, 0.2) is 33.9 Å². The first-order chi connectivity index (χ1) is 9.61. The second kappa shape index (κ2) is 3.59. The maximum atomic E-state index is 12.6. The van der Waals surface area contributed by atoms with Crippen LogP contribution in [-0.4, -0.2) is 27.2 Å². The summed E-state index contributed by atoms with van der Waals surface area (Å²) in [6.07, 6.45) is 0.980. The van der Waals surface area contributed by atoms with E-state index in [1.165, 1.54) is 9.36 Å². The first kappa shape index (κ1) is 11.5. The molecule has 3 aliphatic rings. The van der Waals surface area contributed by atoms with E-state index < -0.39 is 6.04 Å². The summed E-state index contributed by atoms with van der Waals surface area (Å²) in [5, 5.41) is 0.805. The first-order valence-electron chi connectivity index (χ1n) is 6.64. The smallest absolute Gasteiger partial charge is 0.275 e. The molecule has 102 valence electrons. The number of benzene rings is 1. The fraction of sp³-hybridized carbons (Fsp3) is 0.357. The maximum Gasteiger partial charge on any atom is 0.275 e. The molecule has 0 radical (unpaired) electrons. The van der Waals surface area contributed by atoms with Crippen LogP contribution in [0.5, 0.6) is 0 Å². The standard InChI is InChI=1S/C14H13N3O3/c1-15-11-7-6-10(14(15)20)16-12(18)8-4-2-3-5-9(8)13(19)17(11)16/h2-5,10-11H,6-7H2,1H3/t10-,11-/m0/s1. The van der Waals surface area contributed by atoms with Gasteiger partial charge in [0.1, 0.15) is 12.2 Å². The van der Waals surface area contributed by atoms with Gasteiger partial charge in [0.2, 0.25) is 5.91 Å². The van der Waals surface area contributed by atoms with Gasteiger partial charge in [-0.1, -0.05) is 12.1 Å². The van der Waals surface area contributed by atoms with E-state index in [0.29, 0.717) is 23.6 Å². The van der Waals surface area contributed by atoms with Crippen molar-refractivity contribution >= 4 is 16.7 Å². The van der Waals surface area contributed by atoms with Gasteiger partial charge in [-0.25, -0.2) is 9.36 Å². The van der Waals surface area contributed by atoms with Gasteiger partial charge in [-0.2, -0.15) is 0 Å². The average Bonchev–Trinajstić information content (AvgIpc) is 2.48. The zero-order valence-corrected chi connectivity index (χ0v) is 10.9. The Kier molecular flexibility index (Phi) is 2.06. The first-order valence-corrected chi connectivity index (χ1v) is 6.64. The Balaban J connectivity index is 2.22. The van der Waals surface area contributed by atoms with Gasteiger partial charge in [-0.05, 0) is 25.0 Å².